The van der Waals surface area contributed by atoms with Crippen LogP contribution in [0.25, 0.3) is 21.8 Å². The van der Waals surface area contributed by atoms with E-state index in [0.717, 1.165) is 16.5 Å². The van der Waals surface area contributed by atoms with Crippen molar-refractivity contribution >= 4 is 31.6 Å². The van der Waals surface area contributed by atoms with Crippen LogP contribution in [-0.4, -0.2) is 20.5 Å². The molecule has 0 amide bonds. The van der Waals surface area contributed by atoms with E-state index in [9.17, 15) is 8.42 Å². The summed E-state index contributed by atoms with van der Waals surface area (Å²) in [6.07, 6.45) is 0. The van der Waals surface area contributed by atoms with E-state index >= 15 is 0 Å². The molecule has 0 spiro atoms. The van der Waals surface area contributed by atoms with Gasteiger partial charge in [-0.3, -0.25) is 0 Å². The van der Waals surface area contributed by atoms with Gasteiger partial charge in [0.25, 0.3) is 0 Å². The number of rotatable bonds is 4. The van der Waals surface area contributed by atoms with E-state index in [1.54, 1.807) is 31.4 Å². The van der Waals surface area contributed by atoms with E-state index in [1.165, 1.54) is 6.92 Å². The highest BCUT2D eigenvalue weighted by atomic mass is 32.2. The zero-order valence-electron chi connectivity index (χ0n) is 16.0. The summed E-state index contributed by atoms with van der Waals surface area (Å²) in [4.78, 5) is 1.88. The molecule has 1 aromatic heterocycles. The zero-order valence-corrected chi connectivity index (χ0v) is 16.8. The van der Waals surface area contributed by atoms with Crippen LogP contribution in [0.2, 0.25) is 0 Å². The maximum absolute atomic E-state index is 13.7. The number of benzene rings is 3. The number of ether oxygens (including phenoxy) is 1. The van der Waals surface area contributed by atoms with Crippen LogP contribution in [0.1, 0.15) is 18.1 Å². The summed E-state index contributed by atoms with van der Waals surface area (Å²) in [6.45, 7) is 3.49. The molecule has 0 saturated carbocycles. The fourth-order valence-electron chi connectivity index (χ4n) is 3.56. The quantitative estimate of drug-likeness (QED) is 0.542. The lowest BCUT2D eigenvalue weighted by atomic mass is 10.1. The van der Waals surface area contributed by atoms with Gasteiger partial charge in [-0.2, -0.15) is 0 Å². The van der Waals surface area contributed by atoms with Crippen molar-refractivity contribution < 1.29 is 13.2 Å². The molecular weight excluding hydrogens is 372 g/mol. The number of sulfone groups is 1. The van der Waals surface area contributed by atoms with Gasteiger partial charge in [0.05, 0.1) is 17.5 Å². The molecular formula is C22H22N2O3S. The highest BCUT2D eigenvalue weighted by Crippen LogP contribution is 2.40. The van der Waals surface area contributed by atoms with Crippen LogP contribution in [0.5, 0.6) is 5.75 Å². The third kappa shape index (κ3) is 2.60. The maximum Gasteiger partial charge on any atom is 0.201 e. The Morgan fingerprint density at radius 3 is 2.36 bits per heavy atom. The first-order chi connectivity index (χ1) is 13.3. The summed E-state index contributed by atoms with van der Waals surface area (Å²) in [5.41, 5.74) is 9.51. The number of aromatic amines is 1. The fraction of sp³-hybridized carbons (Fsp3) is 0.182. The standard InChI is InChI=1S/C22H22N2O3S/c1-14-8-10-15(11-9-14)22(2,23)28(25,26)19-13-12-18(27-3)21-20(19)16-6-4-5-7-17(16)24-21/h4-13,24H,23H2,1-3H3. The first-order valence-electron chi connectivity index (χ1n) is 8.95. The molecule has 3 N–H and O–H groups in total. The molecule has 4 aromatic rings. The Kier molecular flexibility index (Phi) is 4.21. The van der Waals surface area contributed by atoms with Crippen LogP contribution in [0, 0.1) is 6.92 Å². The molecule has 0 bridgehead atoms. The smallest absolute Gasteiger partial charge is 0.201 e. The monoisotopic (exact) mass is 394 g/mol. The van der Waals surface area contributed by atoms with Crippen LogP contribution < -0.4 is 10.5 Å². The van der Waals surface area contributed by atoms with Crippen LogP contribution in [0.4, 0.5) is 0 Å². The molecule has 1 unspecified atom stereocenters. The molecule has 6 heteroatoms. The van der Waals surface area contributed by atoms with E-state index in [-0.39, 0.29) is 4.90 Å². The first-order valence-corrected chi connectivity index (χ1v) is 10.4. The SMILES string of the molecule is COc1ccc(S(=O)(=O)C(C)(N)c2ccc(C)cc2)c2c1[nH]c1ccccc12. The van der Waals surface area contributed by atoms with E-state index < -0.39 is 14.7 Å². The minimum Gasteiger partial charge on any atom is -0.495 e. The number of H-pyrrole nitrogens is 1. The highest BCUT2D eigenvalue weighted by molar-refractivity contribution is 7.92. The Balaban J connectivity index is 2.04. The second kappa shape index (κ2) is 6.36. The summed E-state index contributed by atoms with van der Waals surface area (Å²) < 4.78 is 32.9. The second-order valence-corrected chi connectivity index (χ2v) is 9.46. The number of aryl methyl sites for hydroxylation is 1. The molecule has 5 nitrogen and oxygen atoms in total. The predicted molar refractivity (Wildman–Crippen MR) is 112 cm³/mol. The lowest BCUT2D eigenvalue weighted by Gasteiger charge is -2.26. The van der Waals surface area contributed by atoms with Gasteiger partial charge in [0.2, 0.25) is 9.84 Å². The highest BCUT2D eigenvalue weighted by Gasteiger charge is 2.40. The van der Waals surface area contributed by atoms with Gasteiger partial charge in [0, 0.05) is 16.3 Å². The number of nitrogens with one attached hydrogen (secondary N) is 1. The lowest BCUT2D eigenvalue weighted by Crippen LogP contribution is -2.41. The Bertz CT molecular complexity index is 1290. The molecule has 0 aliphatic heterocycles. The molecule has 0 aliphatic carbocycles. The van der Waals surface area contributed by atoms with E-state index in [1.807, 2.05) is 43.3 Å². The Morgan fingerprint density at radius 2 is 1.68 bits per heavy atom. The van der Waals surface area contributed by atoms with Crippen LogP contribution in [0.3, 0.4) is 0 Å². The third-order valence-electron chi connectivity index (χ3n) is 5.28. The number of nitrogens with two attached hydrogens (primary N) is 1. The summed E-state index contributed by atoms with van der Waals surface area (Å²) in [5, 5.41) is 1.41. The van der Waals surface area contributed by atoms with E-state index in [4.69, 9.17) is 10.5 Å². The van der Waals surface area contributed by atoms with Crippen LogP contribution in [-0.2, 0) is 14.7 Å². The molecule has 4 rings (SSSR count). The number of fused-ring (bicyclic) bond motifs is 3. The third-order valence-corrected chi connectivity index (χ3v) is 7.55. The van der Waals surface area contributed by atoms with Crippen molar-refractivity contribution in [1.82, 2.24) is 4.98 Å². The topological polar surface area (TPSA) is 85.2 Å². The predicted octanol–water partition coefficient (Wildman–Crippen LogP) is 4.24. The number of hydrogen-bond donors (Lipinski definition) is 2. The van der Waals surface area contributed by atoms with Crippen molar-refractivity contribution in [3.63, 3.8) is 0 Å². The van der Waals surface area contributed by atoms with Gasteiger partial charge in [-0.15, -0.1) is 0 Å². The fourth-order valence-corrected chi connectivity index (χ4v) is 5.19. The molecule has 1 heterocycles. The van der Waals surface area contributed by atoms with Gasteiger partial charge in [-0.1, -0.05) is 48.0 Å². The average molecular weight is 394 g/mol. The van der Waals surface area contributed by atoms with Crippen molar-refractivity contribution in [2.75, 3.05) is 7.11 Å². The molecule has 0 radical (unpaired) electrons. The van der Waals surface area contributed by atoms with Crippen LogP contribution >= 0.6 is 0 Å². The molecule has 0 aliphatic rings. The van der Waals surface area contributed by atoms with Crippen molar-refractivity contribution in [2.24, 2.45) is 5.73 Å². The zero-order chi connectivity index (χ0) is 20.1. The average Bonchev–Trinajstić information content (AvgIpc) is 3.07. The molecule has 28 heavy (non-hydrogen) atoms. The van der Waals surface area contributed by atoms with Crippen molar-refractivity contribution in [1.29, 1.82) is 0 Å². The molecule has 144 valence electrons. The Hall–Kier alpha value is -2.83. The molecule has 1 atom stereocenters. The number of methoxy groups -OCH3 is 1. The van der Waals surface area contributed by atoms with Gasteiger partial charge in [0.15, 0.2) is 0 Å². The summed E-state index contributed by atoms with van der Waals surface area (Å²) in [5.74, 6) is 0.583. The summed E-state index contributed by atoms with van der Waals surface area (Å²) >= 11 is 0. The van der Waals surface area contributed by atoms with Crippen molar-refractivity contribution in [3.8, 4) is 5.75 Å². The van der Waals surface area contributed by atoms with Gasteiger partial charge >= 0.3 is 0 Å². The lowest BCUT2D eigenvalue weighted by molar-refractivity contribution is 0.419. The van der Waals surface area contributed by atoms with Gasteiger partial charge in [-0.25, -0.2) is 8.42 Å². The Labute approximate surface area is 164 Å². The van der Waals surface area contributed by atoms with Crippen molar-refractivity contribution in [2.45, 2.75) is 23.6 Å². The van der Waals surface area contributed by atoms with Crippen molar-refractivity contribution in [3.05, 3.63) is 71.8 Å². The summed E-state index contributed by atoms with van der Waals surface area (Å²) in [6, 6.07) is 18.1. The number of para-hydroxylation sites is 1. The molecule has 0 fully saturated rings. The molecule has 3 aromatic carbocycles. The number of hydrogen-bond acceptors (Lipinski definition) is 4. The van der Waals surface area contributed by atoms with Crippen LogP contribution in [0.15, 0.2) is 65.6 Å². The summed E-state index contributed by atoms with van der Waals surface area (Å²) in [7, 11) is -2.35. The van der Waals surface area contributed by atoms with E-state index in [2.05, 4.69) is 4.98 Å². The first kappa shape index (κ1) is 18.5. The molecule has 0 saturated heterocycles. The minimum atomic E-state index is -3.92. The maximum atomic E-state index is 13.7. The van der Waals surface area contributed by atoms with E-state index in [0.29, 0.717) is 22.2 Å². The van der Waals surface area contributed by atoms with Gasteiger partial charge in [-0.05, 0) is 37.6 Å². The Morgan fingerprint density at radius 1 is 1.00 bits per heavy atom. The largest absolute Gasteiger partial charge is 0.495 e. The minimum absolute atomic E-state index is 0.186. The normalized spacial score (nSPS) is 14.3. The van der Waals surface area contributed by atoms with Gasteiger partial charge in [0.1, 0.15) is 10.6 Å². The second-order valence-electron chi connectivity index (χ2n) is 7.16. The number of aromatic nitrogens is 1. The van der Waals surface area contributed by atoms with Gasteiger partial charge < -0.3 is 15.5 Å².